The molecule has 1 fully saturated rings. The van der Waals surface area contributed by atoms with Crippen LogP contribution < -0.4 is 11.1 Å². The molecule has 0 spiro atoms. The second-order valence-corrected chi connectivity index (χ2v) is 5.15. The minimum atomic E-state index is -0.927. The van der Waals surface area contributed by atoms with Crippen molar-refractivity contribution < 1.29 is 9.59 Å². The lowest BCUT2D eigenvalue weighted by atomic mass is 9.81. The monoisotopic (exact) mass is 271 g/mol. The van der Waals surface area contributed by atoms with Gasteiger partial charge in [-0.25, -0.2) is 0 Å². The Morgan fingerprint density at radius 2 is 1.75 bits per heavy atom. The van der Waals surface area contributed by atoms with Crippen LogP contribution >= 0.6 is 0 Å². The van der Waals surface area contributed by atoms with E-state index in [4.69, 9.17) is 11.0 Å². The number of amides is 2. The summed E-state index contributed by atoms with van der Waals surface area (Å²) in [7, 11) is 0. The molecule has 0 aliphatic heterocycles. The lowest BCUT2D eigenvalue weighted by Gasteiger charge is -2.35. The smallest absolute Gasteiger partial charge is 0.252 e. The van der Waals surface area contributed by atoms with Gasteiger partial charge < -0.3 is 11.1 Å². The van der Waals surface area contributed by atoms with Gasteiger partial charge in [-0.05, 0) is 37.1 Å². The third-order valence-electron chi connectivity index (χ3n) is 3.81. The minimum Gasteiger partial charge on any atom is -0.368 e. The van der Waals surface area contributed by atoms with Crippen LogP contribution in [0, 0.1) is 11.3 Å². The second-order valence-electron chi connectivity index (χ2n) is 5.15. The molecule has 2 amide bonds. The lowest BCUT2D eigenvalue weighted by molar-refractivity contribution is -0.125. The Kier molecular flexibility index (Phi) is 4.04. The van der Waals surface area contributed by atoms with E-state index in [0.29, 0.717) is 24.0 Å². The van der Waals surface area contributed by atoms with Crippen molar-refractivity contribution in [2.75, 3.05) is 0 Å². The summed E-state index contributed by atoms with van der Waals surface area (Å²) in [5.41, 5.74) is 5.47. The van der Waals surface area contributed by atoms with E-state index >= 15 is 0 Å². The Morgan fingerprint density at radius 3 is 2.25 bits per heavy atom. The molecule has 5 heteroatoms. The van der Waals surface area contributed by atoms with Gasteiger partial charge in [0.15, 0.2) is 0 Å². The summed E-state index contributed by atoms with van der Waals surface area (Å²) in [6.45, 7) is 0. The van der Waals surface area contributed by atoms with E-state index in [-0.39, 0.29) is 5.91 Å². The number of nitriles is 1. The van der Waals surface area contributed by atoms with Crippen molar-refractivity contribution in [2.45, 2.75) is 37.6 Å². The summed E-state index contributed by atoms with van der Waals surface area (Å²) >= 11 is 0. The van der Waals surface area contributed by atoms with Gasteiger partial charge in [-0.2, -0.15) is 5.26 Å². The molecule has 0 atom stereocenters. The van der Waals surface area contributed by atoms with Crippen molar-refractivity contribution in [3.63, 3.8) is 0 Å². The van der Waals surface area contributed by atoms with Crippen LogP contribution in [0.1, 0.15) is 48.0 Å². The van der Waals surface area contributed by atoms with Crippen molar-refractivity contribution in [2.24, 2.45) is 5.73 Å². The van der Waals surface area contributed by atoms with Crippen LogP contribution in [-0.4, -0.2) is 17.4 Å². The fourth-order valence-corrected chi connectivity index (χ4v) is 2.57. The molecule has 1 aliphatic carbocycles. The summed E-state index contributed by atoms with van der Waals surface area (Å²) in [5.74, 6) is -0.797. The molecule has 2 rings (SSSR count). The molecule has 1 aromatic rings. The van der Waals surface area contributed by atoms with E-state index in [1.54, 1.807) is 24.3 Å². The van der Waals surface area contributed by atoms with Gasteiger partial charge in [0.2, 0.25) is 5.91 Å². The fourth-order valence-electron chi connectivity index (χ4n) is 2.57. The topological polar surface area (TPSA) is 96.0 Å². The maximum Gasteiger partial charge on any atom is 0.252 e. The number of nitrogens with two attached hydrogens (primary N) is 1. The van der Waals surface area contributed by atoms with Gasteiger partial charge in [0.1, 0.15) is 5.54 Å². The first kappa shape index (κ1) is 14.1. The predicted molar refractivity (Wildman–Crippen MR) is 73.6 cm³/mol. The first-order valence-electron chi connectivity index (χ1n) is 6.70. The van der Waals surface area contributed by atoms with E-state index < -0.39 is 11.4 Å². The van der Waals surface area contributed by atoms with Crippen molar-refractivity contribution in [1.29, 1.82) is 5.26 Å². The van der Waals surface area contributed by atoms with Crippen LogP contribution in [0.5, 0.6) is 0 Å². The quantitative estimate of drug-likeness (QED) is 0.871. The Balaban J connectivity index is 2.16. The number of hydrogen-bond acceptors (Lipinski definition) is 3. The number of nitrogens with one attached hydrogen (secondary N) is 1. The van der Waals surface area contributed by atoms with E-state index in [9.17, 15) is 9.59 Å². The van der Waals surface area contributed by atoms with Crippen molar-refractivity contribution >= 4 is 11.8 Å². The van der Waals surface area contributed by atoms with E-state index in [1.165, 1.54) is 0 Å². The molecule has 3 N–H and O–H groups in total. The number of benzene rings is 1. The highest BCUT2D eigenvalue weighted by Crippen LogP contribution is 2.28. The first-order chi connectivity index (χ1) is 9.57. The average Bonchev–Trinajstić information content (AvgIpc) is 2.48. The van der Waals surface area contributed by atoms with Crippen LogP contribution in [0.3, 0.4) is 0 Å². The van der Waals surface area contributed by atoms with E-state index in [1.807, 2.05) is 6.07 Å². The molecule has 20 heavy (non-hydrogen) atoms. The Labute approximate surface area is 117 Å². The van der Waals surface area contributed by atoms with Gasteiger partial charge >= 0.3 is 0 Å². The lowest BCUT2D eigenvalue weighted by Crippen LogP contribution is -2.58. The molecule has 0 bridgehead atoms. The average molecular weight is 271 g/mol. The second kappa shape index (κ2) is 5.74. The van der Waals surface area contributed by atoms with Crippen molar-refractivity contribution in [1.82, 2.24) is 5.32 Å². The number of carbonyl (C=O) groups is 2. The van der Waals surface area contributed by atoms with Crippen molar-refractivity contribution in [3.8, 4) is 6.07 Å². The molecule has 0 saturated heterocycles. The molecule has 1 aliphatic rings. The molecule has 0 unspecified atom stereocenters. The highest BCUT2D eigenvalue weighted by atomic mass is 16.2. The highest BCUT2D eigenvalue weighted by Gasteiger charge is 2.39. The number of carbonyl (C=O) groups excluding carboxylic acids is 2. The maximum absolute atomic E-state index is 12.2. The molecule has 0 aromatic heterocycles. The summed E-state index contributed by atoms with van der Waals surface area (Å²) in [4.78, 5) is 23.9. The molecule has 1 saturated carbocycles. The zero-order chi connectivity index (χ0) is 14.6. The van der Waals surface area contributed by atoms with Gasteiger partial charge in [-0.3, -0.25) is 9.59 Å². The van der Waals surface area contributed by atoms with Crippen molar-refractivity contribution in [3.05, 3.63) is 35.4 Å². The largest absolute Gasteiger partial charge is 0.368 e. The molecule has 0 radical (unpaired) electrons. The van der Waals surface area contributed by atoms with E-state index in [2.05, 4.69) is 5.32 Å². The van der Waals surface area contributed by atoms with Gasteiger partial charge in [0.05, 0.1) is 11.6 Å². The highest BCUT2D eigenvalue weighted by molar-refractivity contribution is 5.99. The zero-order valence-electron chi connectivity index (χ0n) is 11.2. The minimum absolute atomic E-state index is 0.324. The van der Waals surface area contributed by atoms with Gasteiger partial charge in [0, 0.05) is 5.56 Å². The molecule has 5 nitrogen and oxygen atoms in total. The Morgan fingerprint density at radius 1 is 1.15 bits per heavy atom. The molecule has 0 heterocycles. The van der Waals surface area contributed by atoms with Crippen LogP contribution in [0.4, 0.5) is 0 Å². The Hall–Kier alpha value is -2.35. The number of nitrogens with zero attached hydrogens (tertiary/aromatic N) is 1. The first-order valence-corrected chi connectivity index (χ1v) is 6.70. The van der Waals surface area contributed by atoms with Crippen LogP contribution in [-0.2, 0) is 4.79 Å². The molecular weight excluding hydrogens is 254 g/mol. The van der Waals surface area contributed by atoms with Crippen LogP contribution in [0.15, 0.2) is 24.3 Å². The van der Waals surface area contributed by atoms with Crippen LogP contribution in [0.25, 0.3) is 0 Å². The normalized spacial score (nSPS) is 16.9. The molecule has 104 valence electrons. The number of primary amides is 1. The summed E-state index contributed by atoms with van der Waals surface area (Å²) in [6, 6.07) is 8.30. The third-order valence-corrected chi connectivity index (χ3v) is 3.81. The molecular formula is C15H17N3O2. The van der Waals surface area contributed by atoms with Gasteiger partial charge in [0.25, 0.3) is 5.91 Å². The fraction of sp³-hybridized carbons (Fsp3) is 0.400. The summed E-state index contributed by atoms with van der Waals surface area (Å²) < 4.78 is 0. The van der Waals surface area contributed by atoms with Gasteiger partial charge in [-0.15, -0.1) is 0 Å². The van der Waals surface area contributed by atoms with Gasteiger partial charge in [-0.1, -0.05) is 19.3 Å². The Bertz CT molecular complexity index is 551. The molecule has 1 aromatic carbocycles. The summed E-state index contributed by atoms with van der Waals surface area (Å²) in [5, 5.41) is 11.5. The number of hydrogen-bond donors (Lipinski definition) is 2. The number of rotatable bonds is 3. The standard InChI is InChI=1S/C15H17N3O2/c16-10-11-4-6-12(7-5-11)13(19)18-15(14(17)20)8-2-1-3-9-15/h4-7H,1-3,8-9H2,(H2,17,20)(H,18,19). The third kappa shape index (κ3) is 2.80. The SMILES string of the molecule is N#Cc1ccc(C(=O)NC2(C(N)=O)CCCCC2)cc1. The zero-order valence-corrected chi connectivity index (χ0v) is 11.2. The van der Waals surface area contributed by atoms with E-state index in [0.717, 1.165) is 19.3 Å². The predicted octanol–water partition coefficient (Wildman–Crippen LogP) is 1.48. The summed E-state index contributed by atoms with van der Waals surface area (Å²) in [6.07, 6.45) is 4.00. The maximum atomic E-state index is 12.2. The van der Waals surface area contributed by atoms with Crippen LogP contribution in [0.2, 0.25) is 0 Å².